The van der Waals surface area contributed by atoms with Crippen LogP contribution in [0.1, 0.15) is 30.5 Å². The van der Waals surface area contributed by atoms with E-state index in [1.165, 1.54) is 33.4 Å². The summed E-state index contributed by atoms with van der Waals surface area (Å²) in [6.45, 7) is 8.29. The van der Waals surface area contributed by atoms with Crippen molar-refractivity contribution in [1.29, 1.82) is 0 Å². The highest BCUT2D eigenvalue weighted by atomic mass is 14.3. The van der Waals surface area contributed by atoms with Crippen LogP contribution >= 0.6 is 0 Å². The number of hydrogen-bond donors (Lipinski definition) is 0. The summed E-state index contributed by atoms with van der Waals surface area (Å²) in [6, 6.07) is 15.1. The summed E-state index contributed by atoms with van der Waals surface area (Å²) in [5.74, 6) is 0. The lowest BCUT2D eigenvalue weighted by atomic mass is 9.94. The predicted octanol–water partition coefficient (Wildman–Crippen LogP) is 5.15. The minimum absolute atomic E-state index is 1.12. The first-order valence-electron chi connectivity index (χ1n) is 6.29. The van der Waals surface area contributed by atoms with Crippen LogP contribution in [0.5, 0.6) is 0 Å². The Hall–Kier alpha value is -2.08. The van der Waals surface area contributed by atoms with Crippen molar-refractivity contribution in [3.63, 3.8) is 0 Å². The molecule has 0 heteroatoms. The molecule has 0 radical (unpaired) electrons. The monoisotopic (exact) mass is 232 g/mol. The Morgan fingerprint density at radius 1 is 0.944 bits per heavy atom. The van der Waals surface area contributed by atoms with Gasteiger partial charge in [0, 0.05) is 0 Å². The third-order valence-electron chi connectivity index (χ3n) is 3.59. The molecule has 0 aliphatic heterocycles. The molecule has 0 spiro atoms. The van der Waals surface area contributed by atoms with E-state index in [-0.39, 0.29) is 0 Å². The summed E-state index contributed by atoms with van der Waals surface area (Å²) >= 11 is 0. The van der Waals surface area contributed by atoms with Gasteiger partial charge in [-0.25, -0.2) is 0 Å². The van der Waals surface area contributed by atoms with Crippen LogP contribution in [0.4, 0.5) is 0 Å². The number of fused-ring (bicyclic) bond motifs is 3. The molecular weight excluding hydrogens is 216 g/mol. The molecule has 1 aliphatic carbocycles. The van der Waals surface area contributed by atoms with E-state index in [1.54, 1.807) is 0 Å². The Bertz CT molecular complexity index is 672. The van der Waals surface area contributed by atoms with Gasteiger partial charge in [0.2, 0.25) is 0 Å². The Morgan fingerprint density at radius 3 is 2.28 bits per heavy atom. The van der Waals surface area contributed by atoms with Gasteiger partial charge >= 0.3 is 0 Å². The topological polar surface area (TPSA) is 0 Å². The van der Waals surface area contributed by atoms with Crippen molar-refractivity contribution in [2.75, 3.05) is 0 Å². The quantitative estimate of drug-likeness (QED) is 0.544. The Kier molecular flexibility index (Phi) is 2.45. The van der Waals surface area contributed by atoms with Gasteiger partial charge in [0.15, 0.2) is 0 Å². The predicted molar refractivity (Wildman–Crippen MR) is 79.3 cm³/mol. The number of allylic oxidation sites excluding steroid dienone is 2. The smallest absolute Gasteiger partial charge is 0.00272 e. The Morgan fingerprint density at radius 2 is 1.61 bits per heavy atom. The molecule has 2 aromatic carbocycles. The first-order chi connectivity index (χ1) is 8.74. The maximum absolute atomic E-state index is 4.11. The molecular formula is C18H16. The minimum atomic E-state index is 1.12. The Balaban J connectivity index is 2.41. The van der Waals surface area contributed by atoms with E-state index < -0.39 is 0 Å². The molecule has 0 saturated carbocycles. The standard InChI is InChI=1S/C18H16/c1-4-13-15-8-5-6-9-16(15)17-11-7-10-14(12(2)3)18(13)17/h4-11H,2H2,1,3H3/b13-4-. The molecule has 2 aromatic rings. The fourth-order valence-corrected chi connectivity index (χ4v) is 2.81. The molecule has 0 amide bonds. The van der Waals surface area contributed by atoms with E-state index in [0.29, 0.717) is 0 Å². The molecule has 0 aromatic heterocycles. The van der Waals surface area contributed by atoms with Crippen LogP contribution < -0.4 is 0 Å². The molecule has 0 bridgehead atoms. The molecule has 0 heterocycles. The SMILES string of the molecule is C=C(C)c1cccc2c1/C(=C\C)c1ccccc1-2. The average Bonchev–Trinajstić information content (AvgIpc) is 2.72. The lowest BCUT2D eigenvalue weighted by molar-refractivity contribution is 1.54. The van der Waals surface area contributed by atoms with E-state index in [4.69, 9.17) is 0 Å². The lowest BCUT2D eigenvalue weighted by Gasteiger charge is -2.09. The maximum atomic E-state index is 4.11. The minimum Gasteiger partial charge on any atom is -0.0955 e. The maximum Gasteiger partial charge on any atom is -0.00272 e. The zero-order valence-corrected chi connectivity index (χ0v) is 10.8. The van der Waals surface area contributed by atoms with Crippen LogP contribution in [-0.2, 0) is 0 Å². The molecule has 0 nitrogen and oxygen atoms in total. The average molecular weight is 232 g/mol. The second-order valence-electron chi connectivity index (χ2n) is 4.76. The summed E-state index contributed by atoms with van der Waals surface area (Å²) in [6.07, 6.45) is 2.21. The molecule has 18 heavy (non-hydrogen) atoms. The Labute approximate surface area is 108 Å². The van der Waals surface area contributed by atoms with E-state index in [9.17, 15) is 0 Å². The largest absolute Gasteiger partial charge is 0.0955 e. The van der Waals surface area contributed by atoms with Crippen LogP contribution in [0.3, 0.4) is 0 Å². The van der Waals surface area contributed by atoms with Crippen molar-refractivity contribution in [2.45, 2.75) is 13.8 Å². The molecule has 0 fully saturated rings. The highest BCUT2D eigenvalue weighted by Gasteiger charge is 2.24. The van der Waals surface area contributed by atoms with Crippen LogP contribution in [0.25, 0.3) is 22.3 Å². The zero-order valence-electron chi connectivity index (χ0n) is 10.8. The van der Waals surface area contributed by atoms with Gasteiger partial charge in [-0.2, -0.15) is 0 Å². The summed E-state index contributed by atoms with van der Waals surface area (Å²) in [4.78, 5) is 0. The number of rotatable bonds is 1. The van der Waals surface area contributed by atoms with Gasteiger partial charge in [-0.1, -0.05) is 60.7 Å². The van der Waals surface area contributed by atoms with Gasteiger partial charge in [-0.05, 0) is 47.2 Å². The van der Waals surface area contributed by atoms with Crippen molar-refractivity contribution in [3.05, 3.63) is 71.8 Å². The van der Waals surface area contributed by atoms with Crippen molar-refractivity contribution in [3.8, 4) is 11.1 Å². The first kappa shape index (κ1) is 11.0. The van der Waals surface area contributed by atoms with E-state index in [0.717, 1.165) is 5.57 Å². The van der Waals surface area contributed by atoms with Crippen LogP contribution in [0.15, 0.2) is 55.1 Å². The first-order valence-corrected chi connectivity index (χ1v) is 6.29. The zero-order chi connectivity index (χ0) is 12.7. The molecule has 3 rings (SSSR count). The van der Waals surface area contributed by atoms with E-state index in [1.807, 2.05) is 0 Å². The highest BCUT2D eigenvalue weighted by molar-refractivity contribution is 6.04. The van der Waals surface area contributed by atoms with Gasteiger partial charge in [0.25, 0.3) is 0 Å². The summed E-state index contributed by atoms with van der Waals surface area (Å²) < 4.78 is 0. The van der Waals surface area contributed by atoms with E-state index in [2.05, 4.69) is 69.0 Å². The molecule has 88 valence electrons. The third-order valence-corrected chi connectivity index (χ3v) is 3.59. The van der Waals surface area contributed by atoms with Crippen molar-refractivity contribution >= 4 is 11.1 Å². The molecule has 0 unspecified atom stereocenters. The van der Waals surface area contributed by atoms with Crippen molar-refractivity contribution in [2.24, 2.45) is 0 Å². The number of hydrogen-bond acceptors (Lipinski definition) is 0. The van der Waals surface area contributed by atoms with Crippen LogP contribution in [0.2, 0.25) is 0 Å². The van der Waals surface area contributed by atoms with Gasteiger partial charge in [-0.3, -0.25) is 0 Å². The van der Waals surface area contributed by atoms with Gasteiger partial charge < -0.3 is 0 Å². The number of benzene rings is 2. The van der Waals surface area contributed by atoms with Gasteiger partial charge in [-0.15, -0.1) is 0 Å². The normalized spacial score (nSPS) is 14.4. The fraction of sp³-hybridized carbons (Fsp3) is 0.111. The third kappa shape index (κ3) is 1.39. The van der Waals surface area contributed by atoms with Gasteiger partial charge in [0.1, 0.15) is 0 Å². The fourth-order valence-electron chi connectivity index (χ4n) is 2.81. The summed E-state index contributed by atoms with van der Waals surface area (Å²) in [5.41, 5.74) is 9.07. The second kappa shape index (κ2) is 3.99. The van der Waals surface area contributed by atoms with Crippen molar-refractivity contribution in [1.82, 2.24) is 0 Å². The van der Waals surface area contributed by atoms with Gasteiger partial charge in [0.05, 0.1) is 0 Å². The van der Waals surface area contributed by atoms with E-state index >= 15 is 0 Å². The molecule has 0 N–H and O–H groups in total. The molecule has 1 aliphatic rings. The van der Waals surface area contributed by atoms with Crippen molar-refractivity contribution < 1.29 is 0 Å². The lowest BCUT2D eigenvalue weighted by Crippen LogP contribution is -1.88. The van der Waals surface area contributed by atoms with Crippen LogP contribution in [0, 0.1) is 0 Å². The second-order valence-corrected chi connectivity index (χ2v) is 4.76. The molecule has 0 saturated heterocycles. The molecule has 0 atom stereocenters. The summed E-state index contributed by atoms with van der Waals surface area (Å²) in [7, 11) is 0. The summed E-state index contributed by atoms with van der Waals surface area (Å²) in [5, 5.41) is 0. The van der Waals surface area contributed by atoms with Crippen LogP contribution in [-0.4, -0.2) is 0 Å². The highest BCUT2D eigenvalue weighted by Crippen LogP contribution is 2.46.